The number of aryl methyl sites for hydroxylation is 1. The fourth-order valence-electron chi connectivity index (χ4n) is 2.21. The molecule has 2 rings (SSSR count). The zero-order chi connectivity index (χ0) is 15.2. The molecular formula is C13H19N3O4S. The Balaban J connectivity index is 2.01. The van der Waals surface area contributed by atoms with Crippen molar-refractivity contribution in [2.24, 2.45) is 0 Å². The van der Waals surface area contributed by atoms with Gasteiger partial charge in [-0.3, -0.25) is 9.59 Å². The lowest BCUT2D eigenvalue weighted by atomic mass is 10.2. The van der Waals surface area contributed by atoms with Gasteiger partial charge in [0.15, 0.2) is 0 Å². The smallest absolute Gasteiger partial charge is 0.308 e. The largest absolute Gasteiger partial charge is 0.469 e. The number of carbonyl (C=O) groups excluding carboxylic acids is 2. The van der Waals surface area contributed by atoms with Crippen LogP contribution in [0.2, 0.25) is 0 Å². The van der Waals surface area contributed by atoms with Gasteiger partial charge in [-0.25, -0.2) is 0 Å². The van der Waals surface area contributed by atoms with Crippen LogP contribution >= 0.6 is 11.5 Å². The molecule has 0 N–H and O–H groups in total. The quantitative estimate of drug-likeness (QED) is 0.751. The minimum absolute atomic E-state index is 0.0772. The number of nitrogens with zero attached hydrogens (tertiary/aromatic N) is 3. The van der Waals surface area contributed by atoms with Gasteiger partial charge in [0, 0.05) is 13.1 Å². The molecule has 0 aromatic carbocycles. The number of rotatable bonds is 5. The average molecular weight is 313 g/mol. The normalized spacial score (nSPS) is 18.6. The van der Waals surface area contributed by atoms with Gasteiger partial charge in [-0.05, 0) is 18.0 Å². The van der Waals surface area contributed by atoms with Crippen molar-refractivity contribution < 1.29 is 19.1 Å². The summed E-state index contributed by atoms with van der Waals surface area (Å²) in [7, 11) is 1.34. The van der Waals surface area contributed by atoms with Gasteiger partial charge in [0.05, 0.1) is 31.9 Å². The fraction of sp³-hybridized carbons (Fsp3) is 0.692. The summed E-state index contributed by atoms with van der Waals surface area (Å²) in [6, 6.07) is 0. The molecule has 1 aliphatic heterocycles. The summed E-state index contributed by atoms with van der Waals surface area (Å²) in [6.45, 7) is 3.36. The number of esters is 1. The molecule has 0 bridgehead atoms. The first-order valence-electron chi connectivity index (χ1n) is 6.94. The predicted octanol–water partition coefficient (Wildman–Crippen LogP) is 0.895. The summed E-state index contributed by atoms with van der Waals surface area (Å²) < 4.78 is 14.0. The van der Waals surface area contributed by atoms with Crippen molar-refractivity contribution >= 4 is 23.4 Å². The molecule has 0 spiro atoms. The van der Waals surface area contributed by atoms with Crippen molar-refractivity contribution in [2.75, 3.05) is 26.8 Å². The Labute approximate surface area is 127 Å². The molecule has 2 heterocycles. The van der Waals surface area contributed by atoms with E-state index in [9.17, 15) is 9.59 Å². The summed E-state index contributed by atoms with van der Waals surface area (Å²) in [5, 5.41) is 4.02. The third kappa shape index (κ3) is 3.98. The maximum atomic E-state index is 12.5. The highest BCUT2D eigenvalue weighted by Gasteiger charge is 2.29. The number of ether oxygens (including phenoxy) is 2. The first-order chi connectivity index (χ1) is 10.2. The zero-order valence-electron chi connectivity index (χ0n) is 12.2. The van der Waals surface area contributed by atoms with Crippen LogP contribution in [0.1, 0.15) is 35.1 Å². The SMILES string of the molecule is CCCc1nnsc1C(=O)N1CCOC(CC(=O)OC)C1. The topological polar surface area (TPSA) is 81.6 Å². The third-order valence-electron chi connectivity index (χ3n) is 3.28. The number of morpholine rings is 1. The van der Waals surface area contributed by atoms with Crippen molar-refractivity contribution in [2.45, 2.75) is 32.3 Å². The first-order valence-corrected chi connectivity index (χ1v) is 7.72. The molecule has 1 saturated heterocycles. The molecule has 0 saturated carbocycles. The van der Waals surface area contributed by atoms with E-state index in [1.807, 2.05) is 6.92 Å². The molecule has 7 nitrogen and oxygen atoms in total. The second-order valence-corrected chi connectivity index (χ2v) is 5.58. The maximum absolute atomic E-state index is 12.5. The van der Waals surface area contributed by atoms with Gasteiger partial charge < -0.3 is 14.4 Å². The van der Waals surface area contributed by atoms with Crippen LogP contribution in [0, 0.1) is 0 Å². The molecule has 8 heteroatoms. The number of aromatic nitrogens is 2. The van der Waals surface area contributed by atoms with E-state index in [1.54, 1.807) is 4.90 Å². The van der Waals surface area contributed by atoms with E-state index in [4.69, 9.17) is 4.74 Å². The number of hydrogen-bond donors (Lipinski definition) is 0. The maximum Gasteiger partial charge on any atom is 0.308 e. The van der Waals surface area contributed by atoms with Crippen LogP contribution in [-0.4, -0.2) is 59.3 Å². The Bertz CT molecular complexity index is 505. The van der Waals surface area contributed by atoms with Gasteiger partial charge in [-0.1, -0.05) is 17.8 Å². The van der Waals surface area contributed by atoms with Crippen LogP contribution in [0.4, 0.5) is 0 Å². The minimum Gasteiger partial charge on any atom is -0.469 e. The van der Waals surface area contributed by atoms with Gasteiger partial charge >= 0.3 is 5.97 Å². The van der Waals surface area contributed by atoms with Gasteiger partial charge in [0.25, 0.3) is 5.91 Å². The highest BCUT2D eigenvalue weighted by atomic mass is 32.1. The van der Waals surface area contributed by atoms with Crippen LogP contribution in [0.5, 0.6) is 0 Å². The van der Waals surface area contributed by atoms with E-state index in [0.717, 1.165) is 30.1 Å². The third-order valence-corrected chi connectivity index (χ3v) is 4.04. The van der Waals surface area contributed by atoms with E-state index >= 15 is 0 Å². The van der Waals surface area contributed by atoms with Crippen molar-refractivity contribution in [3.63, 3.8) is 0 Å². The molecule has 1 aliphatic rings. The van der Waals surface area contributed by atoms with Crippen LogP contribution in [0.25, 0.3) is 0 Å². The second kappa shape index (κ2) is 7.46. The summed E-state index contributed by atoms with van der Waals surface area (Å²) in [5.74, 6) is -0.410. The number of methoxy groups -OCH3 is 1. The molecule has 1 aromatic rings. The Kier molecular flexibility index (Phi) is 5.63. The van der Waals surface area contributed by atoms with Gasteiger partial charge in [0.2, 0.25) is 0 Å². The van der Waals surface area contributed by atoms with Crippen LogP contribution in [-0.2, 0) is 20.7 Å². The summed E-state index contributed by atoms with van der Waals surface area (Å²) >= 11 is 1.13. The lowest BCUT2D eigenvalue weighted by Gasteiger charge is -2.32. The van der Waals surface area contributed by atoms with E-state index < -0.39 is 0 Å². The van der Waals surface area contributed by atoms with Crippen LogP contribution in [0.3, 0.4) is 0 Å². The summed E-state index contributed by atoms with van der Waals surface area (Å²) in [4.78, 5) is 26.1. The molecular weight excluding hydrogens is 294 g/mol. The molecule has 1 aromatic heterocycles. The Morgan fingerprint density at radius 1 is 1.52 bits per heavy atom. The highest BCUT2D eigenvalue weighted by Crippen LogP contribution is 2.18. The van der Waals surface area contributed by atoms with Gasteiger partial charge in [0.1, 0.15) is 4.88 Å². The monoisotopic (exact) mass is 313 g/mol. The van der Waals surface area contributed by atoms with Gasteiger partial charge in [-0.15, -0.1) is 5.10 Å². The van der Waals surface area contributed by atoms with Crippen molar-refractivity contribution in [3.05, 3.63) is 10.6 Å². The number of hydrogen-bond acceptors (Lipinski definition) is 7. The van der Waals surface area contributed by atoms with Crippen molar-refractivity contribution in [1.29, 1.82) is 0 Å². The number of carbonyl (C=O) groups is 2. The molecule has 0 aliphatic carbocycles. The lowest BCUT2D eigenvalue weighted by Crippen LogP contribution is -2.46. The first kappa shape index (κ1) is 15.8. The van der Waals surface area contributed by atoms with E-state index in [1.165, 1.54) is 7.11 Å². The Hall–Kier alpha value is -1.54. The lowest BCUT2D eigenvalue weighted by molar-refractivity contribution is -0.145. The summed E-state index contributed by atoms with van der Waals surface area (Å²) in [5.41, 5.74) is 0.753. The average Bonchev–Trinajstić information content (AvgIpc) is 2.95. The minimum atomic E-state index is -0.333. The highest BCUT2D eigenvalue weighted by molar-refractivity contribution is 7.08. The molecule has 116 valence electrons. The molecule has 1 fully saturated rings. The molecule has 21 heavy (non-hydrogen) atoms. The van der Waals surface area contributed by atoms with Crippen molar-refractivity contribution in [1.82, 2.24) is 14.5 Å². The molecule has 1 atom stereocenters. The predicted molar refractivity (Wildman–Crippen MR) is 76.2 cm³/mol. The van der Waals surface area contributed by atoms with E-state index in [-0.39, 0.29) is 24.4 Å². The molecule has 1 amide bonds. The Morgan fingerprint density at radius 3 is 3.05 bits per heavy atom. The fourth-order valence-corrected chi connectivity index (χ4v) is 2.89. The summed E-state index contributed by atoms with van der Waals surface area (Å²) in [6.07, 6.45) is 1.50. The zero-order valence-corrected chi connectivity index (χ0v) is 13.0. The van der Waals surface area contributed by atoms with Gasteiger partial charge in [-0.2, -0.15) is 0 Å². The van der Waals surface area contributed by atoms with E-state index in [2.05, 4.69) is 14.3 Å². The number of amides is 1. The van der Waals surface area contributed by atoms with Crippen molar-refractivity contribution in [3.8, 4) is 0 Å². The Morgan fingerprint density at radius 2 is 2.33 bits per heavy atom. The molecule has 0 radical (unpaired) electrons. The standard InChI is InChI=1S/C13H19N3O4S/c1-3-4-10-12(21-15-14-10)13(18)16-5-6-20-9(8-16)7-11(17)19-2/h9H,3-8H2,1-2H3. The van der Waals surface area contributed by atoms with Crippen LogP contribution in [0.15, 0.2) is 0 Å². The van der Waals surface area contributed by atoms with Crippen LogP contribution < -0.4 is 0 Å². The van der Waals surface area contributed by atoms with E-state index in [0.29, 0.717) is 24.6 Å². The molecule has 1 unspecified atom stereocenters. The second-order valence-electron chi connectivity index (χ2n) is 4.82.